The third kappa shape index (κ3) is 3.42. The zero-order chi connectivity index (χ0) is 18.0. The van der Waals surface area contributed by atoms with Gasteiger partial charge in [0.05, 0.1) is 7.11 Å². The van der Waals surface area contributed by atoms with Gasteiger partial charge in [-0.3, -0.25) is 4.79 Å². The highest BCUT2D eigenvalue weighted by Crippen LogP contribution is 2.37. The normalized spacial score (nSPS) is 14.4. The maximum Gasteiger partial charge on any atom is 0.256 e. The van der Waals surface area contributed by atoms with Gasteiger partial charge in [0.2, 0.25) is 0 Å². The topological polar surface area (TPSA) is 41.6 Å². The van der Waals surface area contributed by atoms with Gasteiger partial charge in [-0.2, -0.15) is 0 Å². The van der Waals surface area contributed by atoms with Gasteiger partial charge in [-0.1, -0.05) is 15.9 Å². The predicted molar refractivity (Wildman–Crippen MR) is 107 cm³/mol. The number of halogens is 1. The minimum absolute atomic E-state index is 0.0945. The van der Waals surface area contributed by atoms with Crippen LogP contribution in [0.2, 0.25) is 0 Å². The van der Waals surface area contributed by atoms with E-state index in [-0.39, 0.29) is 5.91 Å². The van der Waals surface area contributed by atoms with Crippen LogP contribution in [0.5, 0.6) is 5.75 Å². The first-order chi connectivity index (χ1) is 12.1. The van der Waals surface area contributed by atoms with Crippen LogP contribution in [0.3, 0.4) is 0 Å². The van der Waals surface area contributed by atoms with Crippen molar-refractivity contribution in [2.45, 2.75) is 13.8 Å². The summed E-state index contributed by atoms with van der Waals surface area (Å²) >= 11 is 3.47. The van der Waals surface area contributed by atoms with Crippen molar-refractivity contribution in [3.8, 4) is 5.75 Å². The monoisotopic (exact) mass is 400 g/mol. The number of carbonyl (C=O) groups is 1. The summed E-state index contributed by atoms with van der Waals surface area (Å²) in [5.41, 5.74) is 4.37. The molecular weight excluding hydrogens is 380 g/mol. The molecule has 1 aliphatic heterocycles. The Bertz CT molecular complexity index is 842. The van der Waals surface area contributed by atoms with Crippen LogP contribution in [-0.4, -0.2) is 26.1 Å². The lowest BCUT2D eigenvalue weighted by molar-refractivity contribution is -0.110. The number of methoxy groups -OCH3 is 1. The Morgan fingerprint density at radius 3 is 2.60 bits per heavy atom. The van der Waals surface area contributed by atoms with E-state index in [0.29, 0.717) is 5.57 Å². The minimum atomic E-state index is -0.0945. The highest BCUT2D eigenvalue weighted by molar-refractivity contribution is 9.10. The summed E-state index contributed by atoms with van der Waals surface area (Å²) in [7, 11) is 1.66. The molecule has 1 aliphatic rings. The molecule has 5 heteroatoms. The fraction of sp³-hybridized carbons (Fsp3) is 0.250. The van der Waals surface area contributed by atoms with Crippen LogP contribution in [0.1, 0.15) is 25.0 Å². The molecule has 0 saturated heterocycles. The van der Waals surface area contributed by atoms with E-state index in [4.69, 9.17) is 4.74 Å². The fourth-order valence-electron chi connectivity index (χ4n) is 3.06. The first-order valence-corrected chi connectivity index (χ1v) is 9.12. The van der Waals surface area contributed by atoms with Gasteiger partial charge in [-0.05, 0) is 50.3 Å². The van der Waals surface area contributed by atoms with Gasteiger partial charge in [0, 0.05) is 51.7 Å². The highest BCUT2D eigenvalue weighted by Gasteiger charge is 2.24. The number of fused-ring (bicyclic) bond motifs is 1. The Balaban J connectivity index is 2.04. The summed E-state index contributed by atoms with van der Waals surface area (Å²) in [6.07, 6.45) is 1.89. The first kappa shape index (κ1) is 17.5. The Kier molecular flexibility index (Phi) is 5.13. The van der Waals surface area contributed by atoms with Gasteiger partial charge in [0.25, 0.3) is 5.91 Å². The lowest BCUT2D eigenvalue weighted by atomic mass is 10.0. The van der Waals surface area contributed by atoms with E-state index in [0.717, 1.165) is 45.8 Å². The Morgan fingerprint density at radius 2 is 1.92 bits per heavy atom. The average molecular weight is 401 g/mol. The number of ether oxygens (including phenoxy) is 1. The second-order valence-corrected chi connectivity index (χ2v) is 6.72. The summed E-state index contributed by atoms with van der Waals surface area (Å²) in [6, 6.07) is 11.9. The van der Waals surface area contributed by atoms with Crippen LogP contribution in [0, 0.1) is 0 Å². The van der Waals surface area contributed by atoms with E-state index in [2.05, 4.69) is 46.1 Å². The second-order valence-electron chi connectivity index (χ2n) is 5.80. The van der Waals surface area contributed by atoms with Crippen LogP contribution in [0.4, 0.5) is 11.4 Å². The quantitative estimate of drug-likeness (QED) is 0.732. The summed E-state index contributed by atoms with van der Waals surface area (Å²) in [6.45, 7) is 6.13. The van der Waals surface area contributed by atoms with Crippen LogP contribution in [0.25, 0.3) is 11.6 Å². The molecule has 1 amide bonds. The number of anilines is 2. The van der Waals surface area contributed by atoms with Gasteiger partial charge in [-0.25, -0.2) is 0 Å². The van der Waals surface area contributed by atoms with E-state index in [1.165, 1.54) is 0 Å². The molecule has 0 aliphatic carbocycles. The zero-order valence-corrected chi connectivity index (χ0v) is 16.2. The minimum Gasteiger partial charge on any atom is -0.496 e. The van der Waals surface area contributed by atoms with Crippen molar-refractivity contribution in [2.24, 2.45) is 0 Å². The lowest BCUT2D eigenvalue weighted by Gasteiger charge is -2.22. The number of carbonyl (C=O) groups excluding carboxylic acids is 1. The Labute approximate surface area is 156 Å². The molecule has 0 aromatic heterocycles. The molecule has 0 spiro atoms. The van der Waals surface area contributed by atoms with Gasteiger partial charge in [0.15, 0.2) is 0 Å². The number of amides is 1. The van der Waals surface area contributed by atoms with Gasteiger partial charge >= 0.3 is 0 Å². The largest absolute Gasteiger partial charge is 0.496 e. The number of nitrogens with zero attached hydrogens (tertiary/aromatic N) is 1. The van der Waals surface area contributed by atoms with E-state index in [1.807, 2.05) is 36.4 Å². The number of rotatable bonds is 5. The van der Waals surface area contributed by atoms with Crippen molar-refractivity contribution < 1.29 is 9.53 Å². The van der Waals surface area contributed by atoms with Crippen LogP contribution >= 0.6 is 15.9 Å². The van der Waals surface area contributed by atoms with E-state index in [1.54, 1.807) is 7.11 Å². The van der Waals surface area contributed by atoms with Crippen molar-refractivity contribution in [3.05, 3.63) is 52.0 Å². The molecule has 0 atom stereocenters. The molecule has 0 radical (unpaired) electrons. The molecule has 0 fully saturated rings. The van der Waals surface area contributed by atoms with Gasteiger partial charge in [-0.15, -0.1) is 0 Å². The van der Waals surface area contributed by atoms with Gasteiger partial charge < -0.3 is 15.0 Å². The maximum atomic E-state index is 12.4. The third-order valence-corrected chi connectivity index (χ3v) is 4.90. The lowest BCUT2D eigenvalue weighted by Crippen LogP contribution is -2.21. The standard InChI is InChI=1S/C20H21BrN2O2/c1-4-23(5-2)15-8-6-13(19(12-15)25-3)10-17-16-11-14(21)7-9-18(16)22-20(17)24/h6-12H,4-5H2,1-3H3,(H,22,24)/b17-10-. The smallest absolute Gasteiger partial charge is 0.256 e. The Hall–Kier alpha value is -2.27. The first-order valence-electron chi connectivity index (χ1n) is 8.33. The van der Waals surface area contributed by atoms with Gasteiger partial charge in [0.1, 0.15) is 5.75 Å². The predicted octanol–water partition coefficient (Wildman–Crippen LogP) is 4.80. The molecule has 0 bridgehead atoms. The third-order valence-electron chi connectivity index (χ3n) is 4.41. The molecule has 25 heavy (non-hydrogen) atoms. The zero-order valence-electron chi connectivity index (χ0n) is 14.6. The van der Waals surface area contributed by atoms with Crippen LogP contribution in [0.15, 0.2) is 40.9 Å². The van der Waals surface area contributed by atoms with Crippen molar-refractivity contribution in [3.63, 3.8) is 0 Å². The van der Waals surface area contributed by atoms with E-state index >= 15 is 0 Å². The van der Waals surface area contributed by atoms with Crippen LogP contribution in [-0.2, 0) is 4.79 Å². The second kappa shape index (κ2) is 7.31. The number of benzene rings is 2. The Morgan fingerprint density at radius 1 is 1.16 bits per heavy atom. The molecule has 4 nitrogen and oxygen atoms in total. The molecule has 2 aromatic rings. The molecule has 130 valence electrons. The SMILES string of the molecule is CCN(CC)c1ccc(/C=C2\C(=O)Nc3ccc(Br)cc32)c(OC)c1. The molecule has 3 rings (SSSR count). The molecule has 0 saturated carbocycles. The van der Waals surface area contributed by atoms with E-state index in [9.17, 15) is 4.79 Å². The average Bonchev–Trinajstić information content (AvgIpc) is 2.92. The van der Waals surface area contributed by atoms with E-state index < -0.39 is 0 Å². The maximum absolute atomic E-state index is 12.4. The van der Waals surface area contributed by atoms with Crippen molar-refractivity contribution in [2.75, 3.05) is 30.4 Å². The number of hydrogen-bond acceptors (Lipinski definition) is 3. The highest BCUT2D eigenvalue weighted by atomic mass is 79.9. The van der Waals surface area contributed by atoms with Crippen molar-refractivity contribution in [1.29, 1.82) is 0 Å². The molecule has 1 heterocycles. The molecular formula is C20H21BrN2O2. The molecule has 0 unspecified atom stereocenters. The summed E-state index contributed by atoms with van der Waals surface area (Å²) < 4.78 is 6.51. The van der Waals surface area contributed by atoms with Crippen molar-refractivity contribution >= 4 is 44.9 Å². The number of nitrogens with one attached hydrogen (secondary N) is 1. The molecule has 2 aromatic carbocycles. The summed E-state index contributed by atoms with van der Waals surface area (Å²) in [4.78, 5) is 14.6. The summed E-state index contributed by atoms with van der Waals surface area (Å²) in [5.74, 6) is 0.663. The summed E-state index contributed by atoms with van der Waals surface area (Å²) in [5, 5.41) is 2.90. The van der Waals surface area contributed by atoms with Crippen molar-refractivity contribution in [1.82, 2.24) is 0 Å². The number of hydrogen-bond donors (Lipinski definition) is 1. The van der Waals surface area contributed by atoms with Crippen LogP contribution < -0.4 is 15.0 Å². The fourth-order valence-corrected chi connectivity index (χ4v) is 3.42. The molecule has 1 N–H and O–H groups in total.